The summed E-state index contributed by atoms with van der Waals surface area (Å²) in [5.41, 5.74) is -0.863. The number of hydrogen-bond acceptors (Lipinski definition) is 3. The lowest BCUT2D eigenvalue weighted by molar-refractivity contribution is -0.156. The van der Waals surface area contributed by atoms with E-state index < -0.39 is 11.4 Å². The molecule has 0 aromatic heterocycles. The number of carbonyl (C=O) groups is 2. The third-order valence-corrected chi connectivity index (χ3v) is 5.33. The SMILES string of the molecule is C=CC[C@@]1(C(=O)O)CCCN(C(=O)C2CCC(CO)CC2)C1. The van der Waals surface area contributed by atoms with E-state index in [4.69, 9.17) is 0 Å². The van der Waals surface area contributed by atoms with Crippen LogP contribution in [0.2, 0.25) is 0 Å². The van der Waals surface area contributed by atoms with E-state index in [1.807, 2.05) is 0 Å². The number of carboxylic acid groups (broad SMARTS) is 1. The van der Waals surface area contributed by atoms with E-state index in [9.17, 15) is 19.8 Å². The van der Waals surface area contributed by atoms with Gasteiger partial charge >= 0.3 is 5.97 Å². The number of piperidine rings is 1. The van der Waals surface area contributed by atoms with Gasteiger partial charge in [0.1, 0.15) is 0 Å². The average molecular weight is 309 g/mol. The summed E-state index contributed by atoms with van der Waals surface area (Å²) in [6.45, 7) is 4.83. The number of carboxylic acids is 1. The van der Waals surface area contributed by atoms with Gasteiger partial charge in [-0.2, -0.15) is 0 Å². The van der Waals surface area contributed by atoms with Crippen LogP contribution in [0.25, 0.3) is 0 Å². The van der Waals surface area contributed by atoms with Crippen LogP contribution in [0.4, 0.5) is 0 Å². The predicted molar refractivity (Wildman–Crippen MR) is 83.2 cm³/mol. The lowest BCUT2D eigenvalue weighted by atomic mass is 9.76. The van der Waals surface area contributed by atoms with Crippen LogP contribution < -0.4 is 0 Å². The lowest BCUT2D eigenvalue weighted by Crippen LogP contribution is -2.51. The number of nitrogens with zero attached hydrogens (tertiary/aromatic N) is 1. The van der Waals surface area contributed by atoms with Crippen LogP contribution in [0, 0.1) is 17.3 Å². The van der Waals surface area contributed by atoms with Crippen molar-refractivity contribution in [3.8, 4) is 0 Å². The first-order chi connectivity index (χ1) is 10.5. The van der Waals surface area contributed by atoms with Gasteiger partial charge < -0.3 is 15.1 Å². The smallest absolute Gasteiger partial charge is 0.311 e. The molecular weight excluding hydrogens is 282 g/mol. The Bertz CT molecular complexity index is 428. The highest BCUT2D eigenvalue weighted by atomic mass is 16.4. The summed E-state index contributed by atoms with van der Waals surface area (Å²) in [6, 6.07) is 0. The molecule has 0 aromatic rings. The summed E-state index contributed by atoms with van der Waals surface area (Å²) in [5.74, 6) is -0.403. The van der Waals surface area contributed by atoms with E-state index in [-0.39, 0.29) is 18.4 Å². The van der Waals surface area contributed by atoms with Crippen molar-refractivity contribution in [2.75, 3.05) is 19.7 Å². The standard InChI is InChI=1S/C17H27NO4/c1-2-8-17(16(21)22)9-3-10-18(12-17)15(20)14-6-4-13(11-19)5-7-14/h2,13-14,19H,1,3-12H2,(H,21,22)/t13?,14?,17-/m1/s1. The summed E-state index contributed by atoms with van der Waals surface area (Å²) in [4.78, 5) is 26.1. The molecule has 1 saturated heterocycles. The molecule has 1 heterocycles. The number of amides is 1. The lowest BCUT2D eigenvalue weighted by Gasteiger charge is -2.41. The third kappa shape index (κ3) is 3.51. The largest absolute Gasteiger partial charge is 0.481 e. The fourth-order valence-corrected chi connectivity index (χ4v) is 3.87. The molecule has 2 rings (SSSR count). The highest BCUT2D eigenvalue weighted by Gasteiger charge is 2.43. The zero-order chi connectivity index (χ0) is 16.2. The molecule has 0 bridgehead atoms. The van der Waals surface area contributed by atoms with Crippen LogP contribution in [0.1, 0.15) is 44.9 Å². The first kappa shape index (κ1) is 17.0. The van der Waals surface area contributed by atoms with Gasteiger partial charge in [-0.25, -0.2) is 0 Å². The normalized spacial score (nSPS) is 32.5. The molecule has 1 aliphatic carbocycles. The quantitative estimate of drug-likeness (QED) is 0.762. The zero-order valence-electron chi connectivity index (χ0n) is 13.2. The van der Waals surface area contributed by atoms with E-state index >= 15 is 0 Å². The number of carbonyl (C=O) groups excluding carboxylic acids is 1. The molecule has 0 spiro atoms. The van der Waals surface area contributed by atoms with Crippen LogP contribution in [-0.4, -0.2) is 46.7 Å². The molecule has 1 saturated carbocycles. The summed E-state index contributed by atoms with van der Waals surface area (Å²) in [7, 11) is 0. The van der Waals surface area contributed by atoms with Crippen molar-refractivity contribution in [2.24, 2.45) is 17.3 Å². The summed E-state index contributed by atoms with van der Waals surface area (Å²) in [6.07, 6.45) is 6.78. The molecule has 1 amide bonds. The minimum Gasteiger partial charge on any atom is -0.481 e. The van der Waals surface area contributed by atoms with E-state index in [0.717, 1.165) is 32.1 Å². The molecule has 124 valence electrons. The maximum atomic E-state index is 12.7. The molecule has 1 atom stereocenters. The molecule has 0 aromatic carbocycles. The molecule has 22 heavy (non-hydrogen) atoms. The van der Waals surface area contributed by atoms with Crippen LogP contribution in [0.5, 0.6) is 0 Å². The van der Waals surface area contributed by atoms with E-state index in [1.165, 1.54) is 0 Å². The second-order valence-electron chi connectivity index (χ2n) is 6.84. The monoisotopic (exact) mass is 309 g/mol. The first-order valence-electron chi connectivity index (χ1n) is 8.26. The van der Waals surface area contributed by atoms with Gasteiger partial charge in [0.05, 0.1) is 5.41 Å². The maximum Gasteiger partial charge on any atom is 0.311 e. The summed E-state index contributed by atoms with van der Waals surface area (Å²) < 4.78 is 0. The molecule has 2 fully saturated rings. The Morgan fingerprint density at radius 1 is 1.27 bits per heavy atom. The molecule has 2 aliphatic rings. The van der Waals surface area contributed by atoms with Crippen molar-refractivity contribution >= 4 is 11.9 Å². The van der Waals surface area contributed by atoms with Gasteiger partial charge in [0.2, 0.25) is 5.91 Å². The molecule has 1 aliphatic heterocycles. The predicted octanol–water partition coefficient (Wildman–Crippen LogP) is 2.05. The second-order valence-corrected chi connectivity index (χ2v) is 6.84. The number of aliphatic carboxylic acids is 1. The fraction of sp³-hybridized carbons (Fsp3) is 0.765. The molecular formula is C17H27NO4. The molecule has 0 radical (unpaired) electrons. The Kier molecular flexibility index (Phi) is 5.62. The maximum absolute atomic E-state index is 12.7. The van der Waals surface area contributed by atoms with Crippen LogP contribution in [0.3, 0.4) is 0 Å². The number of aliphatic hydroxyl groups is 1. The summed E-state index contributed by atoms with van der Waals surface area (Å²) in [5, 5.41) is 18.8. The van der Waals surface area contributed by atoms with E-state index in [0.29, 0.717) is 31.8 Å². The summed E-state index contributed by atoms with van der Waals surface area (Å²) >= 11 is 0. The molecule has 2 N–H and O–H groups in total. The minimum atomic E-state index is -0.863. The zero-order valence-corrected chi connectivity index (χ0v) is 13.2. The second kappa shape index (κ2) is 7.27. The van der Waals surface area contributed by atoms with Gasteiger partial charge in [-0.1, -0.05) is 6.08 Å². The van der Waals surface area contributed by atoms with Crippen molar-refractivity contribution in [1.82, 2.24) is 4.90 Å². The Balaban J connectivity index is 2.01. The van der Waals surface area contributed by atoms with Gasteiger partial charge in [0.15, 0.2) is 0 Å². The third-order valence-electron chi connectivity index (χ3n) is 5.33. The van der Waals surface area contributed by atoms with E-state index in [2.05, 4.69) is 6.58 Å². The first-order valence-corrected chi connectivity index (χ1v) is 8.26. The Morgan fingerprint density at radius 3 is 2.50 bits per heavy atom. The highest BCUT2D eigenvalue weighted by Crippen LogP contribution is 2.36. The molecule has 5 nitrogen and oxygen atoms in total. The molecule has 5 heteroatoms. The van der Waals surface area contributed by atoms with Crippen LogP contribution >= 0.6 is 0 Å². The number of hydrogen-bond donors (Lipinski definition) is 2. The Morgan fingerprint density at radius 2 is 1.95 bits per heavy atom. The van der Waals surface area contributed by atoms with E-state index in [1.54, 1.807) is 11.0 Å². The Hall–Kier alpha value is -1.36. The topological polar surface area (TPSA) is 77.8 Å². The van der Waals surface area contributed by atoms with Crippen molar-refractivity contribution in [2.45, 2.75) is 44.9 Å². The fourth-order valence-electron chi connectivity index (χ4n) is 3.87. The number of allylic oxidation sites excluding steroid dienone is 1. The van der Waals surface area contributed by atoms with Gasteiger partial charge in [0, 0.05) is 25.6 Å². The van der Waals surface area contributed by atoms with Gasteiger partial charge in [-0.3, -0.25) is 9.59 Å². The van der Waals surface area contributed by atoms with Crippen molar-refractivity contribution in [3.05, 3.63) is 12.7 Å². The number of aliphatic hydroxyl groups excluding tert-OH is 1. The van der Waals surface area contributed by atoms with Gasteiger partial charge in [-0.15, -0.1) is 6.58 Å². The van der Waals surface area contributed by atoms with Crippen molar-refractivity contribution in [3.63, 3.8) is 0 Å². The average Bonchev–Trinajstić information content (AvgIpc) is 2.54. The van der Waals surface area contributed by atoms with Crippen molar-refractivity contribution in [1.29, 1.82) is 0 Å². The van der Waals surface area contributed by atoms with Gasteiger partial charge in [-0.05, 0) is 50.9 Å². The minimum absolute atomic E-state index is 0.00359. The molecule has 0 unspecified atom stereocenters. The van der Waals surface area contributed by atoms with Crippen LogP contribution in [0.15, 0.2) is 12.7 Å². The number of likely N-dealkylation sites (tertiary alicyclic amines) is 1. The Labute approximate surface area is 132 Å². The highest BCUT2D eigenvalue weighted by molar-refractivity contribution is 5.81. The number of rotatable bonds is 5. The van der Waals surface area contributed by atoms with Crippen molar-refractivity contribution < 1.29 is 19.8 Å². The van der Waals surface area contributed by atoms with Gasteiger partial charge in [0.25, 0.3) is 0 Å². The van der Waals surface area contributed by atoms with Crippen LogP contribution in [-0.2, 0) is 9.59 Å².